The average Bonchev–Trinajstić information content (AvgIpc) is 2.93. The maximum atomic E-state index is 13.9. The SMILES string of the molecule is COCCOC(=O)C1=C(C)NC2=C(C(=O)C[C@H](c3ccc(OC)c(OC)c3)C2)[C@@H]1c1cc(Br)c(O)c(OC)c1. The van der Waals surface area contributed by atoms with E-state index in [2.05, 4.69) is 21.2 Å². The van der Waals surface area contributed by atoms with E-state index in [-0.39, 0.29) is 42.8 Å². The number of hydrogen-bond donors (Lipinski definition) is 2. The summed E-state index contributed by atoms with van der Waals surface area (Å²) in [6, 6.07) is 9.01. The third-order valence-corrected chi connectivity index (χ3v) is 7.66. The summed E-state index contributed by atoms with van der Waals surface area (Å²) in [5.41, 5.74) is 3.71. The number of rotatable bonds is 9. The first kappa shape index (κ1) is 28.5. The molecule has 2 N–H and O–H groups in total. The summed E-state index contributed by atoms with van der Waals surface area (Å²) in [6.07, 6.45) is 0.792. The lowest BCUT2D eigenvalue weighted by Gasteiger charge is -2.37. The summed E-state index contributed by atoms with van der Waals surface area (Å²) < 4.78 is 27.1. The molecule has 0 saturated carbocycles. The number of Topliss-reactive ketones (excluding diaryl/α,β-unsaturated/α-hetero) is 1. The Balaban J connectivity index is 1.80. The van der Waals surface area contributed by atoms with Crippen LogP contribution in [0.15, 0.2) is 57.3 Å². The topological polar surface area (TPSA) is 113 Å². The van der Waals surface area contributed by atoms with Gasteiger partial charge in [-0.25, -0.2) is 4.79 Å². The third kappa shape index (κ3) is 5.62. The van der Waals surface area contributed by atoms with Crippen LogP contribution in [-0.4, -0.2) is 58.5 Å². The largest absolute Gasteiger partial charge is 0.503 e. The summed E-state index contributed by atoms with van der Waals surface area (Å²) in [5.74, 6) is -0.113. The quantitative estimate of drug-likeness (QED) is 0.311. The fourth-order valence-corrected chi connectivity index (χ4v) is 5.66. The van der Waals surface area contributed by atoms with Crippen molar-refractivity contribution in [2.24, 2.45) is 0 Å². The van der Waals surface area contributed by atoms with Crippen LogP contribution in [0, 0.1) is 0 Å². The van der Waals surface area contributed by atoms with Crippen LogP contribution in [0.25, 0.3) is 0 Å². The molecule has 2 aliphatic rings. The van der Waals surface area contributed by atoms with Gasteiger partial charge in [0.05, 0.1) is 38.0 Å². The lowest BCUT2D eigenvalue weighted by molar-refractivity contribution is -0.140. The van der Waals surface area contributed by atoms with Crippen molar-refractivity contribution in [2.45, 2.75) is 31.6 Å². The van der Waals surface area contributed by atoms with Crippen LogP contribution < -0.4 is 19.5 Å². The van der Waals surface area contributed by atoms with E-state index in [9.17, 15) is 14.7 Å². The predicted octanol–water partition coefficient (Wildman–Crippen LogP) is 4.73. The Kier molecular flexibility index (Phi) is 8.87. The molecule has 39 heavy (non-hydrogen) atoms. The highest BCUT2D eigenvalue weighted by Crippen LogP contribution is 2.48. The summed E-state index contributed by atoms with van der Waals surface area (Å²) in [4.78, 5) is 27.2. The monoisotopic (exact) mass is 601 g/mol. The number of halogens is 1. The first-order valence-corrected chi connectivity index (χ1v) is 13.2. The fourth-order valence-electron chi connectivity index (χ4n) is 5.20. The number of nitrogens with one attached hydrogen (secondary N) is 1. The Morgan fingerprint density at radius 3 is 2.33 bits per heavy atom. The molecule has 0 amide bonds. The van der Waals surface area contributed by atoms with Crippen LogP contribution >= 0.6 is 15.9 Å². The van der Waals surface area contributed by atoms with E-state index in [1.807, 2.05) is 18.2 Å². The number of carbonyl (C=O) groups excluding carboxylic acids is 2. The zero-order valence-electron chi connectivity index (χ0n) is 22.6. The molecule has 0 saturated heterocycles. The molecule has 1 aliphatic heterocycles. The number of aromatic hydroxyl groups is 1. The fraction of sp³-hybridized carbons (Fsp3) is 0.379. The minimum absolute atomic E-state index is 0.0715. The van der Waals surface area contributed by atoms with Crippen molar-refractivity contribution in [3.05, 3.63) is 68.5 Å². The average molecular weight is 602 g/mol. The molecule has 9 nitrogen and oxygen atoms in total. The first-order valence-electron chi connectivity index (χ1n) is 12.4. The number of benzene rings is 2. The number of ether oxygens (including phenoxy) is 5. The van der Waals surface area contributed by atoms with Crippen molar-refractivity contribution in [2.75, 3.05) is 41.7 Å². The van der Waals surface area contributed by atoms with Gasteiger partial charge in [0.2, 0.25) is 0 Å². The third-order valence-electron chi connectivity index (χ3n) is 7.05. The highest BCUT2D eigenvalue weighted by molar-refractivity contribution is 9.10. The van der Waals surface area contributed by atoms with Crippen molar-refractivity contribution in [1.82, 2.24) is 5.32 Å². The maximum Gasteiger partial charge on any atom is 0.336 e. The second-order valence-electron chi connectivity index (χ2n) is 9.31. The Hall–Kier alpha value is -3.50. The Labute approximate surface area is 235 Å². The van der Waals surface area contributed by atoms with Crippen molar-refractivity contribution in [3.8, 4) is 23.0 Å². The van der Waals surface area contributed by atoms with Crippen LogP contribution in [-0.2, 0) is 19.1 Å². The van der Waals surface area contributed by atoms with Crippen molar-refractivity contribution >= 4 is 27.7 Å². The highest BCUT2D eigenvalue weighted by atomic mass is 79.9. The van der Waals surface area contributed by atoms with Gasteiger partial charge in [-0.2, -0.15) is 0 Å². The molecule has 1 aliphatic carbocycles. The molecule has 0 unspecified atom stereocenters. The number of esters is 1. The molecule has 0 radical (unpaired) electrons. The van der Waals surface area contributed by atoms with Crippen molar-refractivity contribution < 1.29 is 38.4 Å². The van der Waals surface area contributed by atoms with E-state index in [1.54, 1.807) is 33.3 Å². The summed E-state index contributed by atoms with van der Waals surface area (Å²) >= 11 is 3.38. The number of carbonyl (C=O) groups is 2. The number of ketones is 1. The Bertz CT molecular complexity index is 1350. The predicted molar refractivity (Wildman–Crippen MR) is 147 cm³/mol. The summed E-state index contributed by atoms with van der Waals surface area (Å²) in [6.45, 7) is 2.11. The molecule has 208 valence electrons. The number of phenolic OH excluding ortho intramolecular Hbond substituents is 1. The van der Waals surface area contributed by atoms with Gasteiger partial charge in [-0.05, 0) is 70.6 Å². The summed E-state index contributed by atoms with van der Waals surface area (Å²) in [7, 11) is 6.12. The minimum atomic E-state index is -0.721. The molecule has 0 bridgehead atoms. The van der Waals surface area contributed by atoms with Gasteiger partial charge >= 0.3 is 5.97 Å². The van der Waals surface area contributed by atoms with Gasteiger partial charge in [0.15, 0.2) is 28.8 Å². The van der Waals surface area contributed by atoms with E-state index in [4.69, 9.17) is 23.7 Å². The van der Waals surface area contributed by atoms with E-state index in [0.717, 1.165) is 11.3 Å². The van der Waals surface area contributed by atoms with Crippen LogP contribution in [0.5, 0.6) is 23.0 Å². The Morgan fingerprint density at radius 2 is 1.67 bits per heavy atom. The van der Waals surface area contributed by atoms with Crippen LogP contribution in [0.2, 0.25) is 0 Å². The van der Waals surface area contributed by atoms with Gasteiger partial charge in [-0.1, -0.05) is 6.07 Å². The molecule has 0 aromatic heterocycles. The van der Waals surface area contributed by atoms with Crippen LogP contribution in [0.4, 0.5) is 0 Å². The second kappa shape index (κ2) is 12.1. The molecule has 0 spiro atoms. The van der Waals surface area contributed by atoms with Gasteiger partial charge in [-0.3, -0.25) is 4.79 Å². The molecule has 1 heterocycles. The molecular formula is C29H32BrNO8. The van der Waals surface area contributed by atoms with Crippen LogP contribution in [0.1, 0.15) is 42.7 Å². The first-order chi connectivity index (χ1) is 18.7. The van der Waals surface area contributed by atoms with E-state index >= 15 is 0 Å². The van der Waals surface area contributed by atoms with Gasteiger partial charge in [-0.15, -0.1) is 0 Å². The van der Waals surface area contributed by atoms with Gasteiger partial charge in [0.25, 0.3) is 0 Å². The lowest BCUT2D eigenvalue weighted by Crippen LogP contribution is -2.36. The molecule has 4 rings (SSSR count). The highest BCUT2D eigenvalue weighted by Gasteiger charge is 2.42. The Morgan fingerprint density at radius 1 is 0.974 bits per heavy atom. The number of allylic oxidation sites excluding steroid dienone is 3. The number of phenols is 1. The number of hydrogen-bond acceptors (Lipinski definition) is 9. The zero-order chi connectivity index (χ0) is 28.3. The molecule has 2 aromatic carbocycles. The van der Waals surface area contributed by atoms with Gasteiger partial charge in [0.1, 0.15) is 6.61 Å². The molecular weight excluding hydrogens is 570 g/mol. The van der Waals surface area contributed by atoms with Crippen molar-refractivity contribution in [3.63, 3.8) is 0 Å². The number of dihydropyridines is 1. The van der Waals surface area contributed by atoms with Gasteiger partial charge in [0, 0.05) is 36.4 Å². The normalized spacial score (nSPS) is 18.9. The zero-order valence-corrected chi connectivity index (χ0v) is 24.1. The molecule has 0 fully saturated rings. The van der Waals surface area contributed by atoms with E-state index < -0.39 is 11.9 Å². The molecule has 10 heteroatoms. The van der Waals surface area contributed by atoms with Crippen LogP contribution in [0.3, 0.4) is 0 Å². The smallest absolute Gasteiger partial charge is 0.336 e. The number of methoxy groups -OCH3 is 4. The molecule has 2 atom stereocenters. The van der Waals surface area contributed by atoms with Crippen molar-refractivity contribution in [1.29, 1.82) is 0 Å². The standard InChI is InChI=1S/C29H32BrNO8/c1-15-25(29(34)39-9-8-35-2)26(18-10-19(30)28(33)24(14-18)38-5)27-20(31-15)11-17(12-21(27)32)16-6-7-22(36-3)23(13-16)37-4/h6-7,10,13-14,17,26,31,33H,8-9,11-12H2,1-5H3/t17-,26-/m1/s1. The maximum absolute atomic E-state index is 13.9. The summed E-state index contributed by atoms with van der Waals surface area (Å²) in [5, 5.41) is 13.7. The van der Waals surface area contributed by atoms with E-state index in [1.165, 1.54) is 14.2 Å². The lowest BCUT2D eigenvalue weighted by atomic mass is 9.71. The van der Waals surface area contributed by atoms with Gasteiger partial charge < -0.3 is 34.1 Å². The minimum Gasteiger partial charge on any atom is -0.503 e. The van der Waals surface area contributed by atoms with E-state index in [0.29, 0.717) is 44.8 Å². The molecule has 2 aromatic rings. The second-order valence-corrected chi connectivity index (χ2v) is 10.2.